The average molecular weight is 445 g/mol. The third-order valence-corrected chi connectivity index (χ3v) is 4.86. The first kappa shape index (κ1) is 24.4. The molecule has 0 fully saturated rings. The normalized spacial score (nSPS) is 11.4. The maximum Gasteiger partial charge on any atom is 0.338 e. The van der Waals surface area contributed by atoms with Crippen LogP contribution in [0.4, 0.5) is 5.69 Å². The lowest BCUT2D eigenvalue weighted by Crippen LogP contribution is -2.45. The SMILES string of the molecule is CCCCOC(=O)c1ccc(NC(=O)C(Cc2ccccc2)NC(=O)CCCCl)cc1. The Balaban J connectivity index is 2.02. The molecule has 0 aromatic heterocycles. The van der Waals surface area contributed by atoms with Crippen molar-refractivity contribution in [2.24, 2.45) is 0 Å². The second kappa shape index (κ2) is 13.4. The minimum Gasteiger partial charge on any atom is -0.462 e. The molecule has 0 radical (unpaired) electrons. The van der Waals surface area contributed by atoms with Crippen LogP contribution in [0.25, 0.3) is 0 Å². The third-order valence-electron chi connectivity index (χ3n) is 4.59. The first-order valence-corrected chi connectivity index (χ1v) is 11.0. The first-order valence-electron chi connectivity index (χ1n) is 10.5. The number of esters is 1. The molecule has 166 valence electrons. The number of carbonyl (C=O) groups is 3. The summed E-state index contributed by atoms with van der Waals surface area (Å²) in [4.78, 5) is 37.1. The van der Waals surface area contributed by atoms with Crippen molar-refractivity contribution in [1.29, 1.82) is 0 Å². The quantitative estimate of drug-likeness (QED) is 0.290. The van der Waals surface area contributed by atoms with Crippen LogP contribution in [0.1, 0.15) is 48.5 Å². The van der Waals surface area contributed by atoms with Crippen molar-refractivity contribution < 1.29 is 19.1 Å². The predicted octanol–water partition coefficient (Wildman–Crippen LogP) is 4.33. The second-order valence-corrected chi connectivity index (χ2v) is 7.54. The van der Waals surface area contributed by atoms with Crippen molar-refractivity contribution in [3.63, 3.8) is 0 Å². The van der Waals surface area contributed by atoms with Crippen LogP contribution < -0.4 is 10.6 Å². The maximum absolute atomic E-state index is 12.9. The number of alkyl halides is 1. The van der Waals surface area contributed by atoms with Crippen LogP contribution in [0.15, 0.2) is 54.6 Å². The number of anilines is 1. The van der Waals surface area contributed by atoms with Crippen LogP contribution in [-0.2, 0) is 20.7 Å². The van der Waals surface area contributed by atoms with Crippen LogP contribution in [-0.4, -0.2) is 36.3 Å². The number of benzene rings is 2. The Bertz CT molecular complexity index is 840. The molecule has 6 nitrogen and oxygen atoms in total. The Labute approximate surface area is 188 Å². The number of unbranched alkanes of at least 4 members (excludes halogenated alkanes) is 1. The molecule has 0 spiro atoms. The van der Waals surface area contributed by atoms with E-state index in [1.807, 2.05) is 37.3 Å². The summed E-state index contributed by atoms with van der Waals surface area (Å²) in [5.41, 5.74) is 1.89. The molecule has 0 aliphatic rings. The van der Waals surface area contributed by atoms with Crippen molar-refractivity contribution in [2.45, 2.75) is 45.1 Å². The molecule has 7 heteroatoms. The number of amides is 2. The summed E-state index contributed by atoms with van der Waals surface area (Å²) < 4.78 is 5.19. The van der Waals surface area contributed by atoms with Crippen molar-refractivity contribution in [1.82, 2.24) is 5.32 Å². The summed E-state index contributed by atoms with van der Waals surface area (Å²) in [5, 5.41) is 5.61. The average Bonchev–Trinajstić information content (AvgIpc) is 2.78. The lowest BCUT2D eigenvalue weighted by Gasteiger charge is -2.19. The molecule has 2 N–H and O–H groups in total. The van der Waals surface area contributed by atoms with Crippen LogP contribution in [0.5, 0.6) is 0 Å². The highest BCUT2D eigenvalue weighted by Crippen LogP contribution is 2.13. The molecular formula is C24H29ClN2O4. The van der Waals surface area contributed by atoms with E-state index in [0.717, 1.165) is 18.4 Å². The van der Waals surface area contributed by atoms with E-state index in [2.05, 4.69) is 10.6 Å². The second-order valence-electron chi connectivity index (χ2n) is 7.16. The van der Waals surface area contributed by atoms with E-state index in [1.54, 1.807) is 24.3 Å². The van der Waals surface area contributed by atoms with Gasteiger partial charge in [0.05, 0.1) is 12.2 Å². The van der Waals surface area contributed by atoms with Gasteiger partial charge >= 0.3 is 5.97 Å². The summed E-state index contributed by atoms with van der Waals surface area (Å²) in [5.74, 6) is -0.556. The predicted molar refractivity (Wildman–Crippen MR) is 122 cm³/mol. The molecule has 2 aromatic carbocycles. The zero-order valence-electron chi connectivity index (χ0n) is 17.7. The van der Waals surface area contributed by atoms with Crippen LogP contribution >= 0.6 is 11.6 Å². The number of carbonyl (C=O) groups excluding carboxylic acids is 3. The van der Waals surface area contributed by atoms with E-state index in [4.69, 9.17) is 16.3 Å². The van der Waals surface area contributed by atoms with E-state index < -0.39 is 6.04 Å². The summed E-state index contributed by atoms with van der Waals surface area (Å²) in [6.07, 6.45) is 2.94. The lowest BCUT2D eigenvalue weighted by molar-refractivity contribution is -0.126. The maximum atomic E-state index is 12.9. The largest absolute Gasteiger partial charge is 0.462 e. The molecule has 1 unspecified atom stereocenters. The Hall–Kier alpha value is -2.86. The van der Waals surface area contributed by atoms with Crippen molar-refractivity contribution in [3.05, 3.63) is 65.7 Å². The minimum absolute atomic E-state index is 0.220. The third kappa shape index (κ3) is 8.80. The zero-order valence-corrected chi connectivity index (χ0v) is 18.5. The van der Waals surface area contributed by atoms with Gasteiger partial charge in [-0.2, -0.15) is 0 Å². The molecule has 2 rings (SSSR count). The molecule has 0 saturated carbocycles. The summed E-state index contributed by atoms with van der Waals surface area (Å²) in [7, 11) is 0. The number of nitrogens with one attached hydrogen (secondary N) is 2. The van der Waals surface area contributed by atoms with E-state index in [1.165, 1.54) is 0 Å². The first-order chi connectivity index (χ1) is 15.0. The van der Waals surface area contributed by atoms with Gasteiger partial charge in [-0.3, -0.25) is 9.59 Å². The molecule has 2 amide bonds. The summed E-state index contributed by atoms with van der Waals surface area (Å²) >= 11 is 5.66. The molecule has 0 heterocycles. The minimum atomic E-state index is -0.732. The highest BCUT2D eigenvalue weighted by atomic mass is 35.5. The Morgan fingerprint density at radius 2 is 1.71 bits per heavy atom. The lowest BCUT2D eigenvalue weighted by atomic mass is 10.0. The fraction of sp³-hybridized carbons (Fsp3) is 0.375. The van der Waals surface area contributed by atoms with Gasteiger partial charge in [-0.05, 0) is 42.7 Å². The van der Waals surface area contributed by atoms with Gasteiger partial charge in [0.1, 0.15) is 6.04 Å². The summed E-state index contributed by atoms with van der Waals surface area (Å²) in [6, 6.07) is 15.2. The number of halogens is 1. The molecule has 0 aliphatic heterocycles. The van der Waals surface area contributed by atoms with Gasteiger partial charge in [-0.15, -0.1) is 11.6 Å². The van der Waals surface area contributed by atoms with Crippen LogP contribution in [0.2, 0.25) is 0 Å². The van der Waals surface area contributed by atoms with Crippen molar-refractivity contribution in [3.8, 4) is 0 Å². The van der Waals surface area contributed by atoms with Crippen LogP contribution in [0, 0.1) is 0 Å². The van der Waals surface area contributed by atoms with Crippen molar-refractivity contribution >= 4 is 35.1 Å². The van der Waals surface area contributed by atoms with Gasteiger partial charge in [0.25, 0.3) is 0 Å². The van der Waals surface area contributed by atoms with E-state index in [9.17, 15) is 14.4 Å². The highest BCUT2D eigenvalue weighted by Gasteiger charge is 2.21. The monoisotopic (exact) mass is 444 g/mol. The smallest absolute Gasteiger partial charge is 0.338 e. The Morgan fingerprint density at radius 1 is 1.00 bits per heavy atom. The molecule has 0 aliphatic carbocycles. The van der Waals surface area contributed by atoms with Crippen LogP contribution in [0.3, 0.4) is 0 Å². The van der Waals surface area contributed by atoms with Gasteiger partial charge in [0.15, 0.2) is 0 Å². The zero-order chi connectivity index (χ0) is 22.5. The van der Waals surface area contributed by atoms with Gasteiger partial charge in [0, 0.05) is 24.4 Å². The van der Waals surface area contributed by atoms with Gasteiger partial charge < -0.3 is 15.4 Å². The fourth-order valence-corrected chi connectivity index (χ4v) is 3.00. The van der Waals surface area contributed by atoms with Gasteiger partial charge in [-0.25, -0.2) is 4.79 Å². The Morgan fingerprint density at radius 3 is 2.35 bits per heavy atom. The summed E-state index contributed by atoms with van der Waals surface area (Å²) in [6.45, 7) is 2.41. The standard InChI is InChI=1S/C24H29ClN2O4/c1-2-3-16-31-24(30)19-11-13-20(14-12-19)26-23(29)21(27-22(28)10-7-15-25)17-18-8-5-4-6-9-18/h4-6,8-9,11-14,21H,2-3,7,10,15-17H2,1H3,(H,26,29)(H,27,28). The van der Waals surface area contributed by atoms with Gasteiger partial charge in [0.2, 0.25) is 11.8 Å². The molecule has 31 heavy (non-hydrogen) atoms. The molecule has 0 bridgehead atoms. The highest BCUT2D eigenvalue weighted by molar-refractivity contribution is 6.17. The number of ether oxygens (including phenoxy) is 1. The van der Waals surface area contributed by atoms with E-state index >= 15 is 0 Å². The Kier molecular flexibility index (Phi) is 10.6. The molecule has 2 aromatic rings. The molecule has 1 atom stereocenters. The number of hydrogen-bond donors (Lipinski definition) is 2. The van der Waals surface area contributed by atoms with E-state index in [-0.39, 0.29) is 24.2 Å². The molecular weight excluding hydrogens is 416 g/mol. The van der Waals surface area contributed by atoms with E-state index in [0.29, 0.717) is 36.6 Å². The number of rotatable bonds is 12. The fourth-order valence-electron chi connectivity index (χ4n) is 2.86. The topological polar surface area (TPSA) is 84.5 Å². The van der Waals surface area contributed by atoms with Gasteiger partial charge in [-0.1, -0.05) is 43.7 Å². The molecule has 0 saturated heterocycles. The number of hydrogen-bond acceptors (Lipinski definition) is 4. The van der Waals surface area contributed by atoms with Crippen molar-refractivity contribution in [2.75, 3.05) is 17.8 Å².